The number of anilines is 1. The van der Waals surface area contributed by atoms with Crippen molar-refractivity contribution < 1.29 is 24.2 Å². The lowest BCUT2D eigenvalue weighted by atomic mass is 10.2. The number of amides is 2. The quantitative estimate of drug-likeness (QED) is 0.643. The third-order valence-corrected chi connectivity index (χ3v) is 2.39. The number of carbonyl (C=O) groups is 2. The topological polar surface area (TPSA) is 98.7 Å². The summed E-state index contributed by atoms with van der Waals surface area (Å²) in [6.45, 7) is 1.35. The van der Waals surface area contributed by atoms with Gasteiger partial charge in [-0.2, -0.15) is 0 Å². The molecule has 1 aromatic carbocycles. The predicted octanol–water partition coefficient (Wildman–Crippen LogP) is 1.09. The van der Waals surface area contributed by atoms with E-state index in [9.17, 15) is 14.0 Å². The van der Waals surface area contributed by atoms with Gasteiger partial charge in [-0.05, 0) is 24.6 Å². The largest absolute Gasteiger partial charge is 0.480 e. The summed E-state index contributed by atoms with van der Waals surface area (Å²) < 4.78 is 13.4. The number of hydrogen-bond acceptors (Lipinski definition) is 3. The standard InChI is InChI=1S/C12H15FN2O4/c1-7-2-3-8(13)10(6-7)15-12(19)14-9(4-5-16)11(17)18/h2-3,6,9,16H,4-5H2,1H3,(H,17,18)(H2,14,15,19). The Labute approximate surface area is 109 Å². The highest BCUT2D eigenvalue weighted by Crippen LogP contribution is 2.15. The molecule has 19 heavy (non-hydrogen) atoms. The van der Waals surface area contributed by atoms with Crippen LogP contribution in [0.1, 0.15) is 12.0 Å². The molecule has 0 aliphatic heterocycles. The molecule has 1 unspecified atom stereocenters. The van der Waals surface area contributed by atoms with E-state index in [-0.39, 0.29) is 18.7 Å². The molecule has 0 aromatic heterocycles. The van der Waals surface area contributed by atoms with Crippen molar-refractivity contribution in [3.63, 3.8) is 0 Å². The maximum atomic E-state index is 13.4. The van der Waals surface area contributed by atoms with Crippen molar-refractivity contribution in [3.8, 4) is 0 Å². The molecule has 0 aliphatic rings. The molecule has 6 nitrogen and oxygen atoms in total. The molecular formula is C12H15FN2O4. The van der Waals surface area contributed by atoms with Crippen LogP contribution in [-0.2, 0) is 4.79 Å². The summed E-state index contributed by atoms with van der Waals surface area (Å²) in [5, 5.41) is 21.8. The molecule has 0 saturated carbocycles. The highest BCUT2D eigenvalue weighted by atomic mass is 19.1. The number of carboxylic acid groups (broad SMARTS) is 1. The third kappa shape index (κ3) is 4.55. The molecule has 0 radical (unpaired) electrons. The van der Waals surface area contributed by atoms with Crippen molar-refractivity contribution in [2.45, 2.75) is 19.4 Å². The molecule has 0 heterocycles. The summed E-state index contributed by atoms with van der Waals surface area (Å²) in [7, 11) is 0. The fraction of sp³-hybridized carbons (Fsp3) is 0.333. The Hall–Kier alpha value is -2.15. The number of aryl methyl sites for hydroxylation is 1. The van der Waals surface area contributed by atoms with Crippen LogP contribution >= 0.6 is 0 Å². The molecule has 0 saturated heterocycles. The molecule has 1 rings (SSSR count). The minimum Gasteiger partial charge on any atom is -0.480 e. The number of aliphatic carboxylic acids is 1. The summed E-state index contributed by atoms with van der Waals surface area (Å²) >= 11 is 0. The van der Waals surface area contributed by atoms with Gasteiger partial charge >= 0.3 is 12.0 Å². The summed E-state index contributed by atoms with van der Waals surface area (Å²) in [6.07, 6.45) is -0.126. The summed E-state index contributed by atoms with van der Waals surface area (Å²) in [6, 6.07) is 2.11. The van der Waals surface area contributed by atoms with E-state index in [1.807, 2.05) is 0 Å². The molecule has 7 heteroatoms. The van der Waals surface area contributed by atoms with Crippen LogP contribution in [0.25, 0.3) is 0 Å². The number of carbonyl (C=O) groups excluding carboxylic acids is 1. The smallest absolute Gasteiger partial charge is 0.326 e. The first-order chi connectivity index (χ1) is 8.93. The lowest BCUT2D eigenvalue weighted by Gasteiger charge is -2.14. The number of halogens is 1. The molecule has 1 aromatic rings. The Morgan fingerprint density at radius 3 is 2.68 bits per heavy atom. The maximum absolute atomic E-state index is 13.4. The summed E-state index contributed by atoms with van der Waals surface area (Å²) in [4.78, 5) is 22.3. The zero-order valence-electron chi connectivity index (χ0n) is 10.3. The highest BCUT2D eigenvalue weighted by molar-refractivity contribution is 5.92. The second kappa shape index (κ2) is 6.69. The molecule has 2 amide bonds. The van der Waals surface area contributed by atoms with Gasteiger partial charge in [0.1, 0.15) is 11.9 Å². The molecule has 104 valence electrons. The fourth-order valence-electron chi connectivity index (χ4n) is 1.44. The zero-order chi connectivity index (χ0) is 14.4. The normalized spacial score (nSPS) is 11.7. The van der Waals surface area contributed by atoms with E-state index in [2.05, 4.69) is 10.6 Å². The Morgan fingerprint density at radius 1 is 1.42 bits per heavy atom. The van der Waals surface area contributed by atoms with Gasteiger partial charge in [0, 0.05) is 13.0 Å². The molecule has 1 atom stereocenters. The predicted molar refractivity (Wildman–Crippen MR) is 66.4 cm³/mol. The van der Waals surface area contributed by atoms with Crippen LogP contribution in [0.5, 0.6) is 0 Å². The van der Waals surface area contributed by atoms with Gasteiger partial charge in [0.25, 0.3) is 0 Å². The number of carboxylic acids is 1. The van der Waals surface area contributed by atoms with Gasteiger partial charge in [-0.1, -0.05) is 6.07 Å². The zero-order valence-corrected chi connectivity index (χ0v) is 10.3. The van der Waals surface area contributed by atoms with Crippen molar-refractivity contribution in [3.05, 3.63) is 29.6 Å². The van der Waals surface area contributed by atoms with Crippen molar-refractivity contribution in [1.82, 2.24) is 5.32 Å². The Kier molecular flexibility index (Phi) is 5.25. The summed E-state index contributed by atoms with van der Waals surface area (Å²) in [5.41, 5.74) is 0.715. The fourth-order valence-corrected chi connectivity index (χ4v) is 1.44. The van der Waals surface area contributed by atoms with Gasteiger partial charge in [-0.25, -0.2) is 14.0 Å². The van der Waals surface area contributed by atoms with E-state index in [1.165, 1.54) is 12.1 Å². The van der Waals surface area contributed by atoms with E-state index < -0.39 is 23.9 Å². The lowest BCUT2D eigenvalue weighted by molar-refractivity contribution is -0.139. The van der Waals surface area contributed by atoms with Gasteiger partial charge in [0.15, 0.2) is 0 Å². The van der Waals surface area contributed by atoms with Crippen molar-refractivity contribution in [2.75, 3.05) is 11.9 Å². The second-order valence-corrected chi connectivity index (χ2v) is 3.98. The van der Waals surface area contributed by atoms with E-state index in [1.54, 1.807) is 13.0 Å². The molecule has 0 aliphatic carbocycles. The first-order valence-electron chi connectivity index (χ1n) is 5.61. The third-order valence-electron chi connectivity index (χ3n) is 2.39. The van der Waals surface area contributed by atoms with Crippen molar-refractivity contribution in [2.24, 2.45) is 0 Å². The van der Waals surface area contributed by atoms with Crippen molar-refractivity contribution in [1.29, 1.82) is 0 Å². The lowest BCUT2D eigenvalue weighted by Crippen LogP contribution is -2.43. The number of benzene rings is 1. The number of aliphatic hydroxyl groups is 1. The number of nitrogens with one attached hydrogen (secondary N) is 2. The van der Waals surface area contributed by atoms with Crippen LogP contribution in [0.2, 0.25) is 0 Å². The van der Waals surface area contributed by atoms with Crippen LogP contribution < -0.4 is 10.6 Å². The number of rotatable bonds is 5. The van der Waals surface area contributed by atoms with Crippen molar-refractivity contribution >= 4 is 17.7 Å². The Morgan fingerprint density at radius 2 is 2.11 bits per heavy atom. The minimum absolute atomic E-state index is 0.0364. The van der Waals surface area contributed by atoms with Crippen LogP contribution in [-0.4, -0.2) is 34.9 Å². The molecule has 4 N–H and O–H groups in total. The Bertz CT molecular complexity index is 479. The average molecular weight is 270 g/mol. The van der Waals surface area contributed by atoms with Crippen LogP contribution in [0.15, 0.2) is 18.2 Å². The number of aliphatic hydroxyl groups excluding tert-OH is 1. The first-order valence-corrected chi connectivity index (χ1v) is 5.61. The molecule has 0 spiro atoms. The van der Waals surface area contributed by atoms with Crippen LogP contribution in [0.3, 0.4) is 0 Å². The van der Waals surface area contributed by atoms with Gasteiger partial charge in [0.05, 0.1) is 5.69 Å². The maximum Gasteiger partial charge on any atom is 0.326 e. The molecule has 0 bridgehead atoms. The first kappa shape index (κ1) is 14.9. The summed E-state index contributed by atoms with van der Waals surface area (Å²) in [5.74, 6) is -1.89. The number of urea groups is 1. The van der Waals surface area contributed by atoms with Gasteiger partial charge in [-0.3, -0.25) is 0 Å². The average Bonchev–Trinajstić information content (AvgIpc) is 2.33. The van der Waals surface area contributed by atoms with E-state index in [0.717, 1.165) is 5.56 Å². The SMILES string of the molecule is Cc1ccc(F)c(NC(=O)NC(CCO)C(=O)O)c1. The Balaban J connectivity index is 2.68. The van der Waals surface area contributed by atoms with E-state index in [0.29, 0.717) is 0 Å². The van der Waals surface area contributed by atoms with Crippen LogP contribution in [0.4, 0.5) is 14.9 Å². The van der Waals surface area contributed by atoms with Gasteiger partial charge < -0.3 is 20.8 Å². The van der Waals surface area contributed by atoms with Crippen LogP contribution in [0, 0.1) is 12.7 Å². The molecule has 0 fully saturated rings. The monoisotopic (exact) mass is 270 g/mol. The van der Waals surface area contributed by atoms with E-state index in [4.69, 9.17) is 10.2 Å². The second-order valence-electron chi connectivity index (χ2n) is 3.98. The highest BCUT2D eigenvalue weighted by Gasteiger charge is 2.19. The van der Waals surface area contributed by atoms with Gasteiger partial charge in [0.2, 0.25) is 0 Å². The van der Waals surface area contributed by atoms with Gasteiger partial charge in [-0.15, -0.1) is 0 Å². The number of hydrogen-bond donors (Lipinski definition) is 4. The molecular weight excluding hydrogens is 255 g/mol. The van der Waals surface area contributed by atoms with E-state index >= 15 is 0 Å². The minimum atomic E-state index is -1.27.